The molecule has 2 amide bonds. The summed E-state index contributed by atoms with van der Waals surface area (Å²) in [5, 5.41) is 3.35. The summed E-state index contributed by atoms with van der Waals surface area (Å²) in [6.07, 6.45) is 0.639. The molecule has 1 unspecified atom stereocenters. The lowest BCUT2D eigenvalue weighted by Crippen LogP contribution is -2.55. The number of ether oxygens (including phenoxy) is 1. The van der Waals surface area contributed by atoms with Gasteiger partial charge in [-0.15, -0.1) is 0 Å². The van der Waals surface area contributed by atoms with Crippen LogP contribution in [0.1, 0.15) is 33.6 Å². The molecule has 1 aliphatic heterocycles. The normalized spacial score (nSPS) is 16.6. The van der Waals surface area contributed by atoms with E-state index in [-0.39, 0.29) is 23.4 Å². The zero-order valence-electron chi connectivity index (χ0n) is 18.7. The van der Waals surface area contributed by atoms with E-state index in [9.17, 15) is 18.0 Å². The Kier molecular flexibility index (Phi) is 7.99. The second kappa shape index (κ2) is 10.5. The minimum Gasteiger partial charge on any atom is -0.477 e. The molecule has 2 N–H and O–H groups in total. The largest absolute Gasteiger partial charge is 0.477 e. The van der Waals surface area contributed by atoms with E-state index in [1.807, 2.05) is 13.8 Å². The second-order valence-corrected chi connectivity index (χ2v) is 9.99. The van der Waals surface area contributed by atoms with Crippen molar-refractivity contribution in [3.8, 4) is 5.75 Å². The van der Waals surface area contributed by atoms with Gasteiger partial charge in [0.1, 0.15) is 5.75 Å². The third kappa shape index (κ3) is 5.85. The molecule has 2 aromatic rings. The molecule has 0 saturated heterocycles. The zero-order chi connectivity index (χ0) is 24.2. The molecule has 0 aliphatic carbocycles. The van der Waals surface area contributed by atoms with Crippen LogP contribution in [0, 0.1) is 0 Å². The third-order valence-electron chi connectivity index (χ3n) is 5.49. The van der Waals surface area contributed by atoms with Crippen LogP contribution in [-0.2, 0) is 19.6 Å². The molecule has 0 bridgehead atoms. The highest BCUT2D eigenvalue weighted by atomic mass is 35.5. The number of hydrogen-bond acceptors (Lipinski definition) is 5. The van der Waals surface area contributed by atoms with Gasteiger partial charge in [-0.2, -0.15) is 4.72 Å². The molecular weight excluding hydrogens is 466 g/mol. The molecule has 10 heteroatoms. The van der Waals surface area contributed by atoms with Crippen LogP contribution < -0.4 is 19.7 Å². The van der Waals surface area contributed by atoms with Crippen LogP contribution in [0.2, 0.25) is 5.02 Å². The first-order valence-electron chi connectivity index (χ1n) is 10.8. The van der Waals surface area contributed by atoms with Crippen LogP contribution >= 0.6 is 11.6 Å². The highest BCUT2D eigenvalue weighted by Gasteiger charge is 2.36. The second-order valence-electron chi connectivity index (χ2n) is 7.84. The number of nitrogens with zero attached hydrogens (tertiary/aromatic N) is 1. The maximum Gasteiger partial charge on any atom is 0.263 e. The van der Waals surface area contributed by atoms with Crippen molar-refractivity contribution in [2.45, 2.75) is 56.7 Å². The number of anilines is 1. The van der Waals surface area contributed by atoms with Gasteiger partial charge in [0.05, 0.1) is 23.2 Å². The van der Waals surface area contributed by atoms with E-state index in [4.69, 9.17) is 16.3 Å². The molecule has 0 aromatic heterocycles. The lowest BCUT2D eigenvalue weighted by atomic mass is 10.1. The smallest absolute Gasteiger partial charge is 0.263 e. The number of amides is 2. The van der Waals surface area contributed by atoms with Crippen LogP contribution in [0.3, 0.4) is 0 Å². The van der Waals surface area contributed by atoms with Gasteiger partial charge in [-0.1, -0.05) is 37.6 Å². The molecule has 1 heterocycles. The topological polar surface area (TPSA) is 105 Å². The van der Waals surface area contributed by atoms with Crippen LogP contribution in [-0.4, -0.2) is 45.0 Å². The maximum absolute atomic E-state index is 13.3. The Labute approximate surface area is 199 Å². The molecule has 0 saturated carbocycles. The average molecular weight is 494 g/mol. The van der Waals surface area contributed by atoms with Gasteiger partial charge in [-0.05, 0) is 56.2 Å². The summed E-state index contributed by atoms with van der Waals surface area (Å²) in [5.41, 5.74) is 0.478. The van der Waals surface area contributed by atoms with Crippen LogP contribution in [0.4, 0.5) is 5.69 Å². The number of sulfonamides is 1. The van der Waals surface area contributed by atoms with Gasteiger partial charge in [-0.25, -0.2) is 8.42 Å². The Morgan fingerprint density at radius 2 is 1.76 bits per heavy atom. The van der Waals surface area contributed by atoms with Crippen LogP contribution in [0.5, 0.6) is 5.75 Å². The average Bonchev–Trinajstić information content (AvgIpc) is 2.81. The summed E-state index contributed by atoms with van der Waals surface area (Å²) in [6, 6.07) is 11.4. The monoisotopic (exact) mass is 493 g/mol. The van der Waals surface area contributed by atoms with Crippen molar-refractivity contribution >= 4 is 39.1 Å². The van der Waals surface area contributed by atoms with Crippen molar-refractivity contribution in [1.29, 1.82) is 0 Å². The van der Waals surface area contributed by atoms with E-state index in [2.05, 4.69) is 10.0 Å². The Hall–Kier alpha value is -2.62. The predicted molar refractivity (Wildman–Crippen MR) is 127 cm³/mol. The van der Waals surface area contributed by atoms with Gasteiger partial charge < -0.3 is 15.0 Å². The van der Waals surface area contributed by atoms with Crippen molar-refractivity contribution < 1.29 is 22.7 Å². The Balaban J connectivity index is 1.81. The fraction of sp³-hybridized carbons (Fsp3) is 0.391. The number of carbonyl (C=O) groups excluding carboxylic acids is 2. The lowest BCUT2D eigenvalue weighted by molar-refractivity contribution is -0.129. The molecule has 33 heavy (non-hydrogen) atoms. The van der Waals surface area contributed by atoms with Crippen molar-refractivity contribution in [3.63, 3.8) is 0 Å². The number of benzene rings is 2. The highest BCUT2D eigenvalue weighted by Crippen LogP contribution is 2.33. The highest BCUT2D eigenvalue weighted by molar-refractivity contribution is 7.89. The summed E-state index contributed by atoms with van der Waals surface area (Å²) in [5.74, 6) is -0.427. The Morgan fingerprint density at radius 3 is 2.39 bits per heavy atom. The fourth-order valence-corrected chi connectivity index (χ4v) is 4.89. The molecule has 2 aromatic carbocycles. The summed E-state index contributed by atoms with van der Waals surface area (Å²) in [6.45, 7) is 5.40. The lowest BCUT2D eigenvalue weighted by Gasteiger charge is -2.36. The van der Waals surface area contributed by atoms with E-state index in [0.29, 0.717) is 16.5 Å². The van der Waals surface area contributed by atoms with Crippen molar-refractivity contribution in [2.75, 3.05) is 11.4 Å². The van der Waals surface area contributed by atoms with E-state index < -0.39 is 28.1 Å². The SMILES string of the molecule is CCC(CC)NC(=O)C1CN(C(=O)[C@H](C)NS(=O)(=O)c2ccc(Cl)cc2)c2ccccc2O1. The molecular formula is C23H28ClN3O5S. The number of carbonyl (C=O) groups is 2. The van der Waals surface area contributed by atoms with Crippen molar-refractivity contribution in [3.05, 3.63) is 53.6 Å². The minimum absolute atomic E-state index is 0.00338. The first-order valence-corrected chi connectivity index (χ1v) is 12.7. The molecule has 3 rings (SSSR count). The molecule has 178 valence electrons. The van der Waals surface area contributed by atoms with Gasteiger partial charge in [0.25, 0.3) is 5.91 Å². The van der Waals surface area contributed by atoms with Crippen molar-refractivity contribution in [2.24, 2.45) is 0 Å². The van der Waals surface area contributed by atoms with E-state index in [0.717, 1.165) is 12.8 Å². The van der Waals surface area contributed by atoms with Crippen LogP contribution in [0.25, 0.3) is 0 Å². The first-order chi connectivity index (χ1) is 15.7. The van der Waals surface area contributed by atoms with Crippen LogP contribution in [0.15, 0.2) is 53.4 Å². The standard InChI is InChI=1S/C23H28ClN3O5S/c1-4-17(5-2)25-22(28)21-14-27(19-8-6-7-9-20(19)32-21)23(29)15(3)26-33(30,31)18-12-10-16(24)11-13-18/h6-13,15,17,21,26H,4-5,14H2,1-3H3,(H,25,28)/t15-,21?/m0/s1. The number of para-hydroxylation sites is 2. The van der Waals surface area contributed by atoms with E-state index in [1.54, 1.807) is 24.3 Å². The summed E-state index contributed by atoms with van der Waals surface area (Å²) in [7, 11) is -3.96. The molecule has 2 atom stereocenters. The molecule has 0 fully saturated rings. The van der Waals surface area contributed by atoms with E-state index >= 15 is 0 Å². The number of nitrogens with one attached hydrogen (secondary N) is 2. The quantitative estimate of drug-likeness (QED) is 0.588. The van der Waals surface area contributed by atoms with E-state index in [1.165, 1.54) is 36.1 Å². The summed E-state index contributed by atoms with van der Waals surface area (Å²) >= 11 is 5.84. The molecule has 8 nitrogen and oxygen atoms in total. The van der Waals surface area contributed by atoms with Crippen molar-refractivity contribution in [1.82, 2.24) is 10.0 Å². The Bertz CT molecular complexity index is 1100. The first kappa shape index (κ1) is 25.0. The third-order valence-corrected chi connectivity index (χ3v) is 7.30. The zero-order valence-corrected chi connectivity index (χ0v) is 20.3. The van der Waals surface area contributed by atoms with Gasteiger partial charge in [0.15, 0.2) is 6.10 Å². The van der Waals surface area contributed by atoms with Gasteiger partial charge >= 0.3 is 0 Å². The fourth-order valence-electron chi connectivity index (χ4n) is 3.57. The molecule has 1 aliphatic rings. The predicted octanol–water partition coefficient (Wildman–Crippen LogP) is 3.11. The minimum atomic E-state index is -3.96. The summed E-state index contributed by atoms with van der Waals surface area (Å²) < 4.78 is 33.7. The Morgan fingerprint density at radius 1 is 1.12 bits per heavy atom. The molecule has 0 radical (unpaired) electrons. The van der Waals surface area contributed by atoms with Gasteiger partial charge in [0, 0.05) is 11.1 Å². The number of halogens is 1. The maximum atomic E-state index is 13.3. The number of fused-ring (bicyclic) bond motifs is 1. The number of rotatable bonds is 8. The molecule has 0 spiro atoms. The summed E-state index contributed by atoms with van der Waals surface area (Å²) in [4.78, 5) is 27.5. The van der Waals surface area contributed by atoms with Gasteiger partial charge in [0.2, 0.25) is 15.9 Å². The number of hydrogen-bond donors (Lipinski definition) is 2. The van der Waals surface area contributed by atoms with Gasteiger partial charge in [-0.3, -0.25) is 9.59 Å².